The molecule has 3 N–H and O–H groups in total. The summed E-state index contributed by atoms with van der Waals surface area (Å²) in [7, 11) is 0. The van der Waals surface area contributed by atoms with Crippen molar-refractivity contribution in [1.29, 1.82) is 0 Å². The molecule has 5 aromatic heterocycles. The second-order valence-corrected chi connectivity index (χ2v) is 11.0. The number of pyridine rings is 2. The highest BCUT2D eigenvalue weighted by atomic mass is 32.1. The lowest BCUT2D eigenvalue weighted by Crippen LogP contribution is -2.23. The van der Waals surface area contributed by atoms with Crippen LogP contribution in [0.2, 0.25) is 0 Å². The zero-order chi connectivity index (χ0) is 26.2. The third-order valence-electron chi connectivity index (χ3n) is 7.28. The second-order valence-electron chi connectivity index (χ2n) is 9.73. The minimum absolute atomic E-state index is 0.547. The molecular formula is C31H30N6S. The molecule has 38 heavy (non-hydrogen) atoms. The number of rotatable bonds is 8. The van der Waals surface area contributed by atoms with Crippen molar-refractivity contribution in [1.82, 2.24) is 30.5 Å². The van der Waals surface area contributed by atoms with Crippen molar-refractivity contribution >= 4 is 38.8 Å². The molecule has 5 aromatic rings. The van der Waals surface area contributed by atoms with Crippen LogP contribution in [0.4, 0.5) is 0 Å². The van der Waals surface area contributed by atoms with Crippen LogP contribution >= 0.6 is 11.3 Å². The van der Waals surface area contributed by atoms with Gasteiger partial charge in [-0.2, -0.15) is 5.10 Å². The van der Waals surface area contributed by atoms with E-state index in [1.807, 2.05) is 25.4 Å². The highest BCUT2D eigenvalue weighted by molar-refractivity contribution is 7.15. The van der Waals surface area contributed by atoms with E-state index < -0.39 is 0 Å². The molecule has 0 aromatic carbocycles. The minimum Gasteiger partial charge on any atom is -0.359 e. The summed E-state index contributed by atoms with van der Waals surface area (Å²) in [6.07, 6.45) is 13.3. The molecule has 0 radical (unpaired) electrons. The highest BCUT2D eigenvalue weighted by Gasteiger charge is 2.21. The van der Waals surface area contributed by atoms with Gasteiger partial charge in [-0.25, -0.2) is 4.98 Å². The van der Waals surface area contributed by atoms with Crippen LogP contribution in [0.5, 0.6) is 0 Å². The van der Waals surface area contributed by atoms with Gasteiger partial charge in [-0.1, -0.05) is 25.7 Å². The quantitative estimate of drug-likeness (QED) is 0.182. The second kappa shape index (κ2) is 9.91. The van der Waals surface area contributed by atoms with Gasteiger partial charge >= 0.3 is 0 Å². The average molecular weight is 519 g/mol. The van der Waals surface area contributed by atoms with Crippen molar-refractivity contribution in [2.24, 2.45) is 5.92 Å². The summed E-state index contributed by atoms with van der Waals surface area (Å²) in [5.41, 5.74) is 8.49. The van der Waals surface area contributed by atoms with Crippen molar-refractivity contribution in [3.63, 3.8) is 0 Å². The average Bonchev–Trinajstić information content (AvgIpc) is 3.62. The molecule has 0 spiro atoms. The maximum atomic E-state index is 4.72. The lowest BCUT2D eigenvalue weighted by atomic mass is 9.83. The highest BCUT2D eigenvalue weighted by Crippen LogP contribution is 2.36. The maximum Gasteiger partial charge on any atom is 0.138 e. The summed E-state index contributed by atoms with van der Waals surface area (Å²) in [6.45, 7) is 12.4. The Balaban J connectivity index is 1.37. The van der Waals surface area contributed by atoms with Gasteiger partial charge in [0.05, 0.1) is 23.1 Å². The summed E-state index contributed by atoms with van der Waals surface area (Å²) in [6, 6.07) is 10.6. The van der Waals surface area contributed by atoms with Crippen LogP contribution in [0.3, 0.4) is 0 Å². The van der Waals surface area contributed by atoms with E-state index in [2.05, 4.69) is 88.0 Å². The molecule has 0 amide bonds. The maximum absolute atomic E-state index is 4.72. The van der Waals surface area contributed by atoms with E-state index in [1.165, 1.54) is 34.6 Å². The predicted octanol–water partition coefficient (Wildman–Crippen LogP) is 7.91. The lowest BCUT2D eigenvalue weighted by Gasteiger charge is -2.28. The van der Waals surface area contributed by atoms with Crippen LogP contribution in [0.1, 0.15) is 36.8 Å². The largest absolute Gasteiger partial charge is 0.359 e. The molecule has 0 atom stereocenters. The molecule has 0 aliphatic heterocycles. The van der Waals surface area contributed by atoms with Gasteiger partial charge in [-0.15, -0.1) is 11.3 Å². The molecule has 5 heterocycles. The third kappa shape index (κ3) is 4.39. The van der Waals surface area contributed by atoms with E-state index in [0.29, 0.717) is 5.92 Å². The van der Waals surface area contributed by atoms with Gasteiger partial charge in [0.1, 0.15) is 11.3 Å². The van der Waals surface area contributed by atoms with Crippen molar-refractivity contribution in [2.75, 3.05) is 0 Å². The number of aryl methyl sites for hydroxylation is 1. The molecule has 0 bridgehead atoms. The topological polar surface area (TPSA) is 82.3 Å². The summed E-state index contributed by atoms with van der Waals surface area (Å²) in [4.78, 5) is 15.3. The van der Waals surface area contributed by atoms with Crippen LogP contribution in [0.15, 0.2) is 85.5 Å². The Morgan fingerprint density at radius 1 is 1.16 bits per heavy atom. The smallest absolute Gasteiger partial charge is 0.138 e. The van der Waals surface area contributed by atoms with Crippen LogP contribution in [-0.2, 0) is 0 Å². The molecule has 190 valence electrons. The first-order valence-electron chi connectivity index (χ1n) is 12.9. The SMILES string of the molecule is C=C/C(=C\C(=C/C)c1cc2c(-c3cc4c(-c5ccc(C)s5)ccnc4[nH]3)n[nH]c2cn1)NC(=C)C1CCC1. The first kappa shape index (κ1) is 24.1. The molecule has 6 rings (SSSR count). The predicted molar refractivity (Wildman–Crippen MR) is 159 cm³/mol. The number of aromatic amines is 2. The number of hydrogen-bond acceptors (Lipinski definition) is 5. The molecule has 1 saturated carbocycles. The molecule has 7 heteroatoms. The first-order chi connectivity index (χ1) is 18.5. The summed E-state index contributed by atoms with van der Waals surface area (Å²) < 4.78 is 0. The van der Waals surface area contributed by atoms with Crippen molar-refractivity contribution in [2.45, 2.75) is 33.1 Å². The number of allylic oxidation sites excluding steroid dienone is 5. The van der Waals surface area contributed by atoms with E-state index in [9.17, 15) is 0 Å². The van der Waals surface area contributed by atoms with Gasteiger partial charge < -0.3 is 10.3 Å². The number of fused-ring (bicyclic) bond motifs is 2. The zero-order valence-corrected chi connectivity index (χ0v) is 22.5. The normalized spacial score (nSPS) is 14.7. The van der Waals surface area contributed by atoms with Gasteiger partial charge in [0.2, 0.25) is 0 Å². The van der Waals surface area contributed by atoms with Gasteiger partial charge in [0.15, 0.2) is 0 Å². The monoisotopic (exact) mass is 518 g/mol. The molecule has 6 nitrogen and oxygen atoms in total. The van der Waals surface area contributed by atoms with Crippen molar-refractivity contribution in [3.05, 3.63) is 96.1 Å². The Morgan fingerprint density at radius 3 is 2.74 bits per heavy atom. The van der Waals surface area contributed by atoms with E-state index in [0.717, 1.165) is 56.0 Å². The first-order valence-corrected chi connectivity index (χ1v) is 13.7. The van der Waals surface area contributed by atoms with Crippen LogP contribution < -0.4 is 5.32 Å². The zero-order valence-electron chi connectivity index (χ0n) is 21.6. The molecular weight excluding hydrogens is 488 g/mol. The fourth-order valence-electron chi connectivity index (χ4n) is 4.89. The number of aromatic nitrogens is 5. The van der Waals surface area contributed by atoms with Gasteiger partial charge in [0.25, 0.3) is 0 Å². The molecule has 1 aliphatic rings. The Bertz CT molecular complexity index is 1740. The fourth-order valence-corrected chi connectivity index (χ4v) is 5.80. The number of nitrogens with one attached hydrogen (secondary N) is 3. The van der Waals surface area contributed by atoms with Crippen LogP contribution in [0, 0.1) is 12.8 Å². The van der Waals surface area contributed by atoms with Gasteiger partial charge in [-0.05, 0) is 80.7 Å². The minimum atomic E-state index is 0.547. The Morgan fingerprint density at radius 2 is 2.03 bits per heavy atom. The van der Waals surface area contributed by atoms with Crippen molar-refractivity contribution < 1.29 is 0 Å². The fraction of sp³-hybridized carbons (Fsp3) is 0.194. The van der Waals surface area contributed by atoms with Crippen LogP contribution in [-0.4, -0.2) is 25.1 Å². The number of H-pyrrole nitrogens is 2. The van der Waals surface area contributed by atoms with E-state index in [1.54, 1.807) is 11.3 Å². The summed E-state index contributed by atoms with van der Waals surface area (Å²) in [5, 5.41) is 13.3. The van der Waals surface area contributed by atoms with E-state index in [-0.39, 0.29) is 0 Å². The van der Waals surface area contributed by atoms with Crippen LogP contribution in [0.25, 0.3) is 49.3 Å². The molecule has 0 saturated heterocycles. The van der Waals surface area contributed by atoms with E-state index >= 15 is 0 Å². The Hall–Kier alpha value is -4.23. The Kier molecular flexibility index (Phi) is 6.29. The third-order valence-corrected chi connectivity index (χ3v) is 8.31. The number of nitrogens with zero attached hydrogens (tertiary/aromatic N) is 3. The Labute approximate surface area is 225 Å². The van der Waals surface area contributed by atoms with Gasteiger partial charge in [-0.3, -0.25) is 10.1 Å². The summed E-state index contributed by atoms with van der Waals surface area (Å²) in [5.74, 6) is 0.547. The number of hydrogen-bond donors (Lipinski definition) is 3. The summed E-state index contributed by atoms with van der Waals surface area (Å²) >= 11 is 1.79. The lowest BCUT2D eigenvalue weighted by molar-refractivity contribution is 0.356. The van der Waals surface area contributed by atoms with Crippen molar-refractivity contribution in [3.8, 4) is 21.8 Å². The number of thiophene rings is 1. The molecule has 1 fully saturated rings. The van der Waals surface area contributed by atoms with Gasteiger partial charge in [0, 0.05) is 43.7 Å². The molecule has 0 unspecified atom stereocenters. The standard InChI is InChI=1S/C31H30N6S/c1-5-20(14-22(6-2)34-19(4)21-8-7-9-21)26-16-25-28(17-33-26)36-37-30(25)27-15-24-23(12-13-32-31(24)35-27)29-11-10-18(3)38-29/h5-6,10-17,21,34H,2,4,7-9H2,1,3H3,(H,32,35)(H,36,37)/b20-5+,22-14+. The molecule has 1 aliphatic carbocycles. The van der Waals surface area contributed by atoms with E-state index in [4.69, 9.17) is 4.98 Å².